The molecule has 0 aromatic carbocycles. The maximum absolute atomic E-state index is 12.5. The number of ketones is 1. The first-order chi connectivity index (χ1) is 7.70. The van der Waals surface area contributed by atoms with Crippen LogP contribution in [-0.4, -0.2) is 35.0 Å². The molecular weight excluding hydrogens is 272 g/mol. The molecule has 0 bridgehead atoms. The highest BCUT2D eigenvalue weighted by molar-refractivity contribution is 9.10. The minimum absolute atomic E-state index is 0.0413. The van der Waals surface area contributed by atoms with E-state index in [1.54, 1.807) is 0 Å². The van der Waals surface area contributed by atoms with E-state index < -0.39 is 5.60 Å². The highest BCUT2D eigenvalue weighted by Crippen LogP contribution is 2.52. The van der Waals surface area contributed by atoms with E-state index in [-0.39, 0.29) is 16.2 Å². The van der Waals surface area contributed by atoms with Crippen molar-refractivity contribution in [3.8, 4) is 0 Å². The average molecular weight is 289 g/mol. The van der Waals surface area contributed by atoms with Crippen molar-refractivity contribution >= 4 is 21.7 Å². The number of rotatable bonds is 0. The summed E-state index contributed by atoms with van der Waals surface area (Å²) in [5.74, 6) is 0.221. The number of carbonyl (C=O) groups is 1. The van der Waals surface area contributed by atoms with Crippen LogP contribution in [0.1, 0.15) is 38.5 Å². The third-order valence-corrected chi connectivity index (χ3v) is 5.22. The van der Waals surface area contributed by atoms with Crippen molar-refractivity contribution in [1.82, 2.24) is 0 Å². The summed E-state index contributed by atoms with van der Waals surface area (Å²) in [4.78, 5) is 12.4. The van der Waals surface area contributed by atoms with Crippen molar-refractivity contribution in [1.29, 1.82) is 0 Å². The van der Waals surface area contributed by atoms with Crippen LogP contribution in [0.25, 0.3) is 0 Å². The van der Waals surface area contributed by atoms with Gasteiger partial charge in [0.2, 0.25) is 0 Å². The molecule has 0 aromatic rings. The number of carbonyl (C=O) groups excluding carboxylic acids is 1. The maximum atomic E-state index is 12.5. The number of halogens is 1. The SMILES string of the molecule is O=C1[C@H](Br)CC[C@@]2(CCCO2)[C@@]12CCCO2. The second-order valence-corrected chi connectivity index (χ2v) is 6.20. The van der Waals surface area contributed by atoms with E-state index in [1.807, 2.05) is 0 Å². The Morgan fingerprint density at radius 2 is 1.88 bits per heavy atom. The van der Waals surface area contributed by atoms with Crippen LogP contribution in [0.3, 0.4) is 0 Å². The summed E-state index contributed by atoms with van der Waals surface area (Å²) < 4.78 is 11.9. The van der Waals surface area contributed by atoms with E-state index in [9.17, 15) is 4.79 Å². The van der Waals surface area contributed by atoms with E-state index in [0.717, 1.165) is 45.1 Å². The smallest absolute Gasteiger partial charge is 0.181 e. The Kier molecular flexibility index (Phi) is 2.64. The first-order valence-corrected chi connectivity index (χ1v) is 7.08. The predicted molar refractivity (Wildman–Crippen MR) is 62.8 cm³/mol. The third-order valence-electron chi connectivity index (χ3n) is 4.35. The molecule has 0 amide bonds. The van der Waals surface area contributed by atoms with Crippen LogP contribution in [0.2, 0.25) is 0 Å². The van der Waals surface area contributed by atoms with E-state index in [0.29, 0.717) is 6.61 Å². The number of hydrogen-bond acceptors (Lipinski definition) is 3. The highest BCUT2D eigenvalue weighted by atomic mass is 79.9. The van der Waals surface area contributed by atoms with Gasteiger partial charge in [0.25, 0.3) is 0 Å². The quantitative estimate of drug-likeness (QED) is 0.641. The lowest BCUT2D eigenvalue weighted by Gasteiger charge is -2.48. The van der Waals surface area contributed by atoms with Gasteiger partial charge >= 0.3 is 0 Å². The fraction of sp³-hybridized carbons (Fsp3) is 0.917. The molecule has 3 atom stereocenters. The fourth-order valence-electron chi connectivity index (χ4n) is 3.58. The van der Waals surface area contributed by atoms with Crippen LogP contribution >= 0.6 is 15.9 Å². The molecule has 3 rings (SSSR count). The summed E-state index contributed by atoms with van der Waals surface area (Å²) in [5.41, 5.74) is -0.930. The van der Waals surface area contributed by atoms with Crippen LogP contribution in [0.15, 0.2) is 0 Å². The summed E-state index contributed by atoms with van der Waals surface area (Å²) in [6, 6.07) is 0. The number of alkyl halides is 1. The molecule has 90 valence electrons. The van der Waals surface area contributed by atoms with Crippen LogP contribution in [0, 0.1) is 0 Å². The summed E-state index contributed by atoms with van der Waals surface area (Å²) in [6.45, 7) is 1.49. The van der Waals surface area contributed by atoms with Crippen molar-refractivity contribution in [3.05, 3.63) is 0 Å². The zero-order valence-corrected chi connectivity index (χ0v) is 10.9. The Labute approximate surface area is 104 Å². The molecular formula is C12H17BrO3. The highest BCUT2D eigenvalue weighted by Gasteiger charge is 2.64. The molecule has 3 aliphatic rings. The number of hydrogen-bond donors (Lipinski definition) is 0. The van der Waals surface area contributed by atoms with Crippen LogP contribution in [0.4, 0.5) is 0 Å². The zero-order valence-electron chi connectivity index (χ0n) is 9.34. The average Bonchev–Trinajstić information content (AvgIpc) is 2.93. The van der Waals surface area contributed by atoms with E-state index in [2.05, 4.69) is 15.9 Å². The molecule has 3 nitrogen and oxygen atoms in total. The van der Waals surface area contributed by atoms with Gasteiger partial charge in [-0.25, -0.2) is 0 Å². The maximum Gasteiger partial charge on any atom is 0.181 e. The van der Waals surface area contributed by atoms with Gasteiger partial charge in [-0.3, -0.25) is 4.79 Å². The molecule has 2 aliphatic heterocycles. The van der Waals surface area contributed by atoms with Crippen LogP contribution < -0.4 is 0 Å². The van der Waals surface area contributed by atoms with Gasteiger partial charge in [0.15, 0.2) is 11.4 Å². The molecule has 2 heterocycles. The number of ether oxygens (including phenoxy) is 2. The number of fused-ring (bicyclic) bond motifs is 1. The summed E-state index contributed by atoms with van der Waals surface area (Å²) in [6.07, 6.45) is 5.70. The summed E-state index contributed by atoms with van der Waals surface area (Å²) in [7, 11) is 0. The second-order valence-electron chi connectivity index (χ2n) is 5.10. The molecule has 0 N–H and O–H groups in total. The van der Waals surface area contributed by atoms with Gasteiger partial charge in [-0.15, -0.1) is 0 Å². The van der Waals surface area contributed by atoms with Crippen molar-refractivity contribution in [3.63, 3.8) is 0 Å². The second kappa shape index (κ2) is 3.79. The van der Waals surface area contributed by atoms with Crippen molar-refractivity contribution in [2.24, 2.45) is 0 Å². The lowest BCUT2D eigenvalue weighted by molar-refractivity contribution is -0.190. The largest absolute Gasteiger partial charge is 0.371 e. The summed E-state index contributed by atoms with van der Waals surface area (Å²) >= 11 is 3.48. The Balaban J connectivity index is 2.01. The molecule has 2 saturated heterocycles. The van der Waals surface area contributed by atoms with Crippen LogP contribution in [-0.2, 0) is 14.3 Å². The van der Waals surface area contributed by atoms with Crippen molar-refractivity contribution in [2.75, 3.05) is 13.2 Å². The molecule has 4 heteroatoms. The lowest BCUT2D eigenvalue weighted by atomic mass is 9.68. The van der Waals surface area contributed by atoms with E-state index >= 15 is 0 Å². The van der Waals surface area contributed by atoms with Gasteiger partial charge < -0.3 is 9.47 Å². The summed E-state index contributed by atoms with van der Waals surface area (Å²) in [5, 5.41) is 0. The Hall–Kier alpha value is 0.0700. The lowest BCUT2D eigenvalue weighted by Crippen LogP contribution is -2.63. The van der Waals surface area contributed by atoms with Gasteiger partial charge in [0.05, 0.1) is 4.83 Å². The standard InChI is InChI=1S/C12H17BrO3/c13-9-3-6-11(4-1-7-15-11)12(10(9)14)5-2-8-16-12/h9H,1-8H2/t9-,11+,12-/m1/s1. The normalized spacial score (nSPS) is 48.3. The molecule has 3 fully saturated rings. The predicted octanol–water partition coefficient (Wildman–Crippen LogP) is 2.21. The van der Waals surface area contributed by atoms with E-state index in [1.165, 1.54) is 0 Å². The Morgan fingerprint density at radius 3 is 2.50 bits per heavy atom. The monoisotopic (exact) mass is 288 g/mol. The molecule has 0 aromatic heterocycles. The molecule has 2 spiro atoms. The van der Waals surface area contributed by atoms with Crippen LogP contribution in [0.5, 0.6) is 0 Å². The van der Waals surface area contributed by atoms with Gasteiger partial charge in [0.1, 0.15) is 5.60 Å². The topological polar surface area (TPSA) is 35.5 Å². The fourth-order valence-corrected chi connectivity index (χ4v) is 4.18. The minimum Gasteiger partial charge on any atom is -0.371 e. The molecule has 1 saturated carbocycles. The van der Waals surface area contributed by atoms with Gasteiger partial charge in [0, 0.05) is 13.2 Å². The van der Waals surface area contributed by atoms with Gasteiger partial charge in [-0.05, 0) is 38.5 Å². The first kappa shape index (κ1) is 11.2. The van der Waals surface area contributed by atoms with Crippen molar-refractivity contribution < 1.29 is 14.3 Å². The Morgan fingerprint density at radius 1 is 1.12 bits per heavy atom. The molecule has 1 aliphatic carbocycles. The van der Waals surface area contributed by atoms with Crippen molar-refractivity contribution in [2.45, 2.75) is 54.6 Å². The molecule has 0 unspecified atom stereocenters. The minimum atomic E-state index is -0.629. The zero-order chi connectivity index (χ0) is 11.2. The number of Topliss-reactive ketones (excluding diaryl/α,β-unsaturated/α-hetero) is 1. The first-order valence-electron chi connectivity index (χ1n) is 6.17. The van der Waals surface area contributed by atoms with Gasteiger partial charge in [-0.2, -0.15) is 0 Å². The Bertz CT molecular complexity index is 303. The van der Waals surface area contributed by atoms with Gasteiger partial charge in [-0.1, -0.05) is 15.9 Å². The molecule has 0 radical (unpaired) electrons. The molecule has 16 heavy (non-hydrogen) atoms. The third kappa shape index (κ3) is 1.30. The van der Waals surface area contributed by atoms with E-state index in [4.69, 9.17) is 9.47 Å².